The molecule has 174 valence electrons. The van der Waals surface area contributed by atoms with E-state index in [1.807, 2.05) is 0 Å². The molecule has 0 radical (unpaired) electrons. The third kappa shape index (κ3) is 3.87. The Morgan fingerprint density at radius 1 is 1.00 bits per heavy atom. The Bertz CT molecular complexity index is 732. The van der Waals surface area contributed by atoms with Crippen LogP contribution in [0.15, 0.2) is 11.3 Å². The van der Waals surface area contributed by atoms with Crippen LogP contribution in [0.5, 0.6) is 0 Å². The zero-order chi connectivity index (χ0) is 22.4. The average molecular weight is 426 g/mol. The van der Waals surface area contributed by atoms with Crippen LogP contribution in [0.25, 0.3) is 0 Å². The number of nitrogens with zero attached hydrogens (tertiary/aromatic N) is 1. The standard InChI is InChI=1S/C29H47NO/c1-19(2)8-7-9-20(3)24-12-13-25-23-11-10-22-16-27(31-6)21(18-30)17-29(22,5)26(23)14-15-28(24,25)4/h19-20,22-26H,7-17H2,1-6H3/t20-,22+,23+,24-,25+,26+,28-,29+/m1/s1. The first-order valence-electron chi connectivity index (χ1n) is 13.4. The lowest BCUT2D eigenvalue weighted by molar-refractivity contribution is -0.105. The van der Waals surface area contributed by atoms with Crippen LogP contribution in [-0.2, 0) is 4.74 Å². The summed E-state index contributed by atoms with van der Waals surface area (Å²) in [6, 6.07) is 2.52. The van der Waals surface area contributed by atoms with E-state index in [4.69, 9.17) is 4.74 Å². The number of hydrogen-bond donors (Lipinski definition) is 0. The molecule has 8 atom stereocenters. The Balaban J connectivity index is 1.51. The second-order valence-corrected chi connectivity index (χ2v) is 12.8. The third-order valence-corrected chi connectivity index (χ3v) is 11.0. The largest absolute Gasteiger partial charge is 0.500 e. The molecule has 0 N–H and O–H groups in total. The fourth-order valence-corrected chi connectivity index (χ4v) is 9.31. The molecule has 0 unspecified atom stereocenters. The maximum absolute atomic E-state index is 9.80. The van der Waals surface area contributed by atoms with Crippen molar-refractivity contribution in [3.8, 4) is 6.07 Å². The summed E-state index contributed by atoms with van der Waals surface area (Å²) in [6.45, 7) is 12.5. The summed E-state index contributed by atoms with van der Waals surface area (Å²) in [5, 5.41) is 9.80. The van der Waals surface area contributed by atoms with Crippen LogP contribution in [0.1, 0.15) is 105 Å². The number of hydrogen-bond acceptors (Lipinski definition) is 2. The van der Waals surface area contributed by atoms with Gasteiger partial charge in [0.2, 0.25) is 0 Å². The molecule has 0 heterocycles. The van der Waals surface area contributed by atoms with Crippen LogP contribution in [0.4, 0.5) is 0 Å². The van der Waals surface area contributed by atoms with Gasteiger partial charge in [0, 0.05) is 6.42 Å². The quantitative estimate of drug-likeness (QED) is 0.430. The lowest BCUT2D eigenvalue weighted by Gasteiger charge is -2.60. The fraction of sp³-hybridized carbons (Fsp3) is 0.897. The van der Waals surface area contributed by atoms with E-state index in [-0.39, 0.29) is 0 Å². The molecule has 0 aliphatic heterocycles. The minimum absolute atomic E-state index is 0.304. The number of ether oxygens (including phenoxy) is 1. The Labute approximate surface area is 192 Å². The summed E-state index contributed by atoms with van der Waals surface area (Å²) in [7, 11) is 1.76. The van der Waals surface area contributed by atoms with E-state index in [0.29, 0.717) is 16.7 Å². The molecule has 31 heavy (non-hydrogen) atoms. The number of nitriles is 1. The molecule has 3 fully saturated rings. The average Bonchev–Trinajstić information content (AvgIpc) is 3.09. The van der Waals surface area contributed by atoms with E-state index >= 15 is 0 Å². The molecule has 4 rings (SSSR count). The molecule has 0 amide bonds. The summed E-state index contributed by atoms with van der Waals surface area (Å²) >= 11 is 0. The molecule has 0 spiro atoms. The highest BCUT2D eigenvalue weighted by Gasteiger charge is 2.60. The van der Waals surface area contributed by atoms with E-state index in [1.165, 1.54) is 57.8 Å². The molecule has 4 aliphatic carbocycles. The van der Waals surface area contributed by atoms with Gasteiger partial charge in [0.05, 0.1) is 18.8 Å². The van der Waals surface area contributed by atoms with Gasteiger partial charge >= 0.3 is 0 Å². The van der Waals surface area contributed by atoms with E-state index in [1.54, 1.807) is 7.11 Å². The summed E-state index contributed by atoms with van der Waals surface area (Å²) < 4.78 is 5.65. The van der Waals surface area contributed by atoms with Crippen molar-refractivity contribution in [2.75, 3.05) is 7.11 Å². The predicted molar refractivity (Wildman–Crippen MR) is 128 cm³/mol. The lowest BCUT2D eigenvalue weighted by atomic mass is 9.44. The molecule has 0 aromatic heterocycles. The van der Waals surface area contributed by atoms with E-state index in [9.17, 15) is 5.26 Å². The molecule has 0 aromatic rings. The SMILES string of the molecule is COC1=C(C#N)C[C@@]2(C)[C@@H](CC[C@@H]3[C@@H]2CC[C@]2(C)[C@@H]([C@H](C)CCCC(C)C)CC[C@@H]32)C1. The van der Waals surface area contributed by atoms with E-state index in [0.717, 1.165) is 59.7 Å². The second-order valence-electron chi connectivity index (χ2n) is 12.8. The van der Waals surface area contributed by atoms with Gasteiger partial charge in [0.15, 0.2) is 0 Å². The van der Waals surface area contributed by atoms with Crippen molar-refractivity contribution < 1.29 is 4.74 Å². The Hall–Kier alpha value is -0.970. The van der Waals surface area contributed by atoms with Gasteiger partial charge in [0.25, 0.3) is 0 Å². The first kappa shape index (κ1) is 23.2. The maximum Gasteiger partial charge on any atom is 0.109 e. The van der Waals surface area contributed by atoms with Gasteiger partial charge in [-0.15, -0.1) is 0 Å². The van der Waals surface area contributed by atoms with Crippen molar-refractivity contribution in [3.63, 3.8) is 0 Å². The minimum Gasteiger partial charge on any atom is -0.500 e. The Morgan fingerprint density at radius 2 is 1.74 bits per heavy atom. The normalized spacial score (nSPS) is 43.1. The molecular weight excluding hydrogens is 378 g/mol. The van der Waals surface area contributed by atoms with Gasteiger partial charge in [-0.05, 0) is 97.2 Å². The Morgan fingerprint density at radius 3 is 2.42 bits per heavy atom. The van der Waals surface area contributed by atoms with Crippen molar-refractivity contribution in [1.29, 1.82) is 5.26 Å². The van der Waals surface area contributed by atoms with Gasteiger partial charge in [-0.3, -0.25) is 0 Å². The van der Waals surface area contributed by atoms with Gasteiger partial charge in [-0.2, -0.15) is 5.26 Å². The fourth-order valence-electron chi connectivity index (χ4n) is 9.31. The topological polar surface area (TPSA) is 33.0 Å². The third-order valence-electron chi connectivity index (χ3n) is 11.0. The molecule has 4 aliphatic rings. The monoisotopic (exact) mass is 425 g/mol. The highest BCUT2D eigenvalue weighted by atomic mass is 16.5. The van der Waals surface area contributed by atoms with Crippen LogP contribution < -0.4 is 0 Å². The van der Waals surface area contributed by atoms with Crippen molar-refractivity contribution in [2.24, 2.45) is 52.3 Å². The summed E-state index contributed by atoms with van der Waals surface area (Å²) in [5.74, 6) is 6.95. The summed E-state index contributed by atoms with van der Waals surface area (Å²) in [5.41, 5.74) is 1.80. The van der Waals surface area contributed by atoms with Gasteiger partial charge in [0.1, 0.15) is 5.76 Å². The molecule has 3 saturated carbocycles. The van der Waals surface area contributed by atoms with E-state index < -0.39 is 0 Å². The number of fused-ring (bicyclic) bond motifs is 5. The highest BCUT2D eigenvalue weighted by molar-refractivity contribution is 5.31. The van der Waals surface area contributed by atoms with Crippen molar-refractivity contribution in [1.82, 2.24) is 0 Å². The Kier molecular flexibility index (Phi) is 6.55. The van der Waals surface area contributed by atoms with Gasteiger partial charge < -0.3 is 4.74 Å². The van der Waals surface area contributed by atoms with Crippen molar-refractivity contribution in [2.45, 2.75) is 105 Å². The number of rotatable bonds is 6. The van der Waals surface area contributed by atoms with Gasteiger partial charge in [-0.1, -0.05) is 53.9 Å². The molecule has 0 saturated heterocycles. The number of allylic oxidation sites excluding steroid dienone is 2. The molecule has 2 nitrogen and oxygen atoms in total. The van der Waals surface area contributed by atoms with Crippen LogP contribution >= 0.6 is 0 Å². The smallest absolute Gasteiger partial charge is 0.109 e. The molecule has 0 bridgehead atoms. The predicted octanol–water partition coefficient (Wildman–Crippen LogP) is 8.14. The van der Waals surface area contributed by atoms with Gasteiger partial charge in [-0.25, -0.2) is 0 Å². The van der Waals surface area contributed by atoms with E-state index in [2.05, 4.69) is 40.7 Å². The zero-order valence-electron chi connectivity index (χ0n) is 21.2. The minimum atomic E-state index is 0.304. The van der Waals surface area contributed by atoms with Crippen LogP contribution in [-0.4, -0.2) is 7.11 Å². The van der Waals surface area contributed by atoms with Crippen molar-refractivity contribution in [3.05, 3.63) is 11.3 Å². The summed E-state index contributed by atoms with van der Waals surface area (Å²) in [6.07, 6.45) is 14.7. The molecule has 0 aromatic carbocycles. The summed E-state index contributed by atoms with van der Waals surface area (Å²) in [4.78, 5) is 0. The van der Waals surface area contributed by atoms with Crippen LogP contribution in [0, 0.1) is 63.6 Å². The van der Waals surface area contributed by atoms with Crippen LogP contribution in [0.3, 0.4) is 0 Å². The first-order valence-corrected chi connectivity index (χ1v) is 13.4. The second kappa shape index (κ2) is 8.76. The zero-order valence-corrected chi connectivity index (χ0v) is 21.2. The first-order chi connectivity index (χ1) is 14.7. The maximum atomic E-state index is 9.80. The van der Waals surface area contributed by atoms with Crippen molar-refractivity contribution >= 4 is 0 Å². The molecule has 2 heteroatoms. The molecular formula is C29H47NO. The lowest BCUT2D eigenvalue weighted by Crippen LogP contribution is -2.53. The number of methoxy groups -OCH3 is 1. The highest BCUT2D eigenvalue weighted by Crippen LogP contribution is 2.68. The van der Waals surface area contributed by atoms with Crippen LogP contribution in [0.2, 0.25) is 0 Å².